The number of fused-ring (bicyclic) bond motifs is 1. The molecule has 1 aromatic heterocycles. The molecule has 2 aromatic rings. The molecule has 23 heavy (non-hydrogen) atoms. The lowest BCUT2D eigenvalue weighted by Gasteiger charge is -2.05. The molecule has 1 aromatic carbocycles. The van der Waals surface area contributed by atoms with Crippen LogP contribution in [0.5, 0.6) is 5.75 Å². The molecule has 0 unspecified atom stereocenters. The standard InChI is InChI=1S/C17H17N3O.C2H6/c1-5-13(11-18-3)6-9-17-19-12(2)15-8-7-14(21-4)10-16(15)20-17;1-2/h5-11H,1,3H2,2,4H3;1-2H3/b9-6+,13-11+;. The van der Waals surface area contributed by atoms with Crippen molar-refractivity contribution in [3.8, 4) is 5.75 Å². The lowest BCUT2D eigenvalue weighted by molar-refractivity contribution is 0.415. The molecule has 0 N–H and O–H groups in total. The first-order chi connectivity index (χ1) is 11.2. The van der Waals surface area contributed by atoms with Crippen molar-refractivity contribution in [3.05, 3.63) is 60.2 Å². The van der Waals surface area contributed by atoms with Gasteiger partial charge in [-0.15, -0.1) is 0 Å². The van der Waals surface area contributed by atoms with Crippen LogP contribution < -0.4 is 4.74 Å². The maximum Gasteiger partial charge on any atom is 0.152 e. The Morgan fingerprint density at radius 1 is 1.26 bits per heavy atom. The van der Waals surface area contributed by atoms with E-state index in [4.69, 9.17) is 4.74 Å². The normalized spacial score (nSPS) is 11.0. The second-order valence-corrected chi connectivity index (χ2v) is 4.40. The number of rotatable bonds is 5. The van der Waals surface area contributed by atoms with Crippen LogP contribution in [-0.2, 0) is 0 Å². The van der Waals surface area contributed by atoms with E-state index in [-0.39, 0.29) is 0 Å². The SMILES string of the molecule is C=CC(/C=C/c1nc(C)c2ccc(OC)cc2n1)=C\N=C.CC. The number of aromatic nitrogens is 2. The summed E-state index contributed by atoms with van der Waals surface area (Å²) in [6, 6.07) is 5.77. The van der Waals surface area contributed by atoms with E-state index in [9.17, 15) is 0 Å². The molecular weight excluding hydrogens is 286 g/mol. The molecule has 0 spiro atoms. The summed E-state index contributed by atoms with van der Waals surface area (Å²) in [5, 5.41) is 1.01. The maximum atomic E-state index is 5.23. The van der Waals surface area contributed by atoms with Gasteiger partial charge in [-0.25, -0.2) is 9.97 Å². The molecule has 0 aliphatic carbocycles. The van der Waals surface area contributed by atoms with Crippen LogP contribution in [0, 0.1) is 6.92 Å². The van der Waals surface area contributed by atoms with Gasteiger partial charge in [0.15, 0.2) is 5.82 Å². The van der Waals surface area contributed by atoms with Crippen molar-refractivity contribution < 1.29 is 4.74 Å². The van der Waals surface area contributed by atoms with Gasteiger partial charge in [-0.05, 0) is 43.5 Å². The van der Waals surface area contributed by atoms with Gasteiger partial charge in [-0.3, -0.25) is 4.99 Å². The summed E-state index contributed by atoms with van der Waals surface area (Å²) in [6.45, 7) is 13.1. The number of methoxy groups -OCH3 is 1. The van der Waals surface area contributed by atoms with Gasteiger partial charge in [0.25, 0.3) is 0 Å². The van der Waals surface area contributed by atoms with Gasteiger partial charge in [0.2, 0.25) is 0 Å². The van der Waals surface area contributed by atoms with E-state index < -0.39 is 0 Å². The number of nitrogens with zero attached hydrogens (tertiary/aromatic N) is 3. The predicted octanol–water partition coefficient (Wildman–Crippen LogP) is 4.76. The highest BCUT2D eigenvalue weighted by Gasteiger charge is 2.04. The fraction of sp³-hybridized carbons (Fsp3) is 0.211. The van der Waals surface area contributed by atoms with Gasteiger partial charge in [0.05, 0.1) is 12.6 Å². The first kappa shape index (κ1) is 18.3. The average Bonchev–Trinajstić information content (AvgIpc) is 2.59. The molecule has 2 rings (SSSR count). The highest BCUT2D eigenvalue weighted by atomic mass is 16.5. The first-order valence-electron chi connectivity index (χ1n) is 7.47. The molecule has 120 valence electrons. The summed E-state index contributed by atoms with van der Waals surface area (Å²) in [7, 11) is 1.64. The van der Waals surface area contributed by atoms with Crippen molar-refractivity contribution in [1.82, 2.24) is 9.97 Å². The van der Waals surface area contributed by atoms with Gasteiger partial charge in [0, 0.05) is 23.3 Å². The molecule has 4 nitrogen and oxygen atoms in total. The highest BCUT2D eigenvalue weighted by molar-refractivity contribution is 5.82. The van der Waals surface area contributed by atoms with Crippen LogP contribution in [-0.4, -0.2) is 23.8 Å². The summed E-state index contributed by atoms with van der Waals surface area (Å²) in [5.74, 6) is 1.41. The molecule has 0 bridgehead atoms. The smallest absolute Gasteiger partial charge is 0.152 e. The number of hydrogen-bond acceptors (Lipinski definition) is 4. The van der Waals surface area contributed by atoms with Gasteiger partial charge in [-0.2, -0.15) is 0 Å². The number of aliphatic imine (C=N–C) groups is 1. The summed E-state index contributed by atoms with van der Waals surface area (Å²) in [4.78, 5) is 12.7. The Bertz CT molecular complexity index is 746. The monoisotopic (exact) mass is 309 g/mol. The molecule has 0 aliphatic rings. The fourth-order valence-electron chi connectivity index (χ4n) is 1.93. The van der Waals surface area contributed by atoms with Crippen molar-refractivity contribution in [1.29, 1.82) is 0 Å². The van der Waals surface area contributed by atoms with Crippen LogP contribution in [0.1, 0.15) is 25.4 Å². The molecule has 0 atom stereocenters. The third-order valence-corrected chi connectivity index (χ3v) is 3.01. The molecule has 0 saturated carbocycles. The molecule has 0 radical (unpaired) electrons. The molecule has 1 heterocycles. The Labute approximate surface area is 138 Å². The minimum absolute atomic E-state index is 0.630. The summed E-state index contributed by atoms with van der Waals surface area (Å²) < 4.78 is 5.23. The Morgan fingerprint density at radius 3 is 2.61 bits per heavy atom. The van der Waals surface area contributed by atoms with Crippen LogP contribution in [0.4, 0.5) is 0 Å². The largest absolute Gasteiger partial charge is 0.497 e. The Morgan fingerprint density at radius 2 is 2.00 bits per heavy atom. The minimum atomic E-state index is 0.630. The maximum absolute atomic E-state index is 5.23. The van der Waals surface area contributed by atoms with Crippen molar-refractivity contribution >= 4 is 23.7 Å². The second kappa shape index (κ2) is 9.30. The van der Waals surface area contributed by atoms with Crippen LogP contribution in [0.25, 0.3) is 17.0 Å². The van der Waals surface area contributed by atoms with Crippen molar-refractivity contribution in [2.24, 2.45) is 4.99 Å². The van der Waals surface area contributed by atoms with Crippen molar-refractivity contribution in [3.63, 3.8) is 0 Å². The minimum Gasteiger partial charge on any atom is -0.497 e. The van der Waals surface area contributed by atoms with Gasteiger partial charge in [-0.1, -0.05) is 26.5 Å². The number of hydrogen-bond donors (Lipinski definition) is 0. The molecule has 4 heteroatoms. The third-order valence-electron chi connectivity index (χ3n) is 3.01. The zero-order chi connectivity index (χ0) is 17.2. The van der Waals surface area contributed by atoms with Gasteiger partial charge >= 0.3 is 0 Å². The first-order valence-corrected chi connectivity index (χ1v) is 7.47. The van der Waals surface area contributed by atoms with E-state index in [1.165, 1.54) is 0 Å². The predicted molar refractivity (Wildman–Crippen MR) is 99.0 cm³/mol. The Balaban J connectivity index is 0.00000127. The molecule has 0 saturated heterocycles. The third kappa shape index (κ3) is 4.88. The molecular formula is C19H23N3O. The Hall–Kier alpha value is -2.75. The summed E-state index contributed by atoms with van der Waals surface area (Å²) in [5.41, 5.74) is 2.62. The lowest BCUT2D eigenvalue weighted by Crippen LogP contribution is -1.94. The number of ether oxygens (including phenoxy) is 1. The van der Waals surface area contributed by atoms with Crippen LogP contribution in [0.2, 0.25) is 0 Å². The van der Waals surface area contributed by atoms with Crippen LogP contribution >= 0.6 is 0 Å². The molecule has 0 amide bonds. The van der Waals surface area contributed by atoms with E-state index in [1.54, 1.807) is 19.4 Å². The Kier molecular flexibility index (Phi) is 7.40. The van der Waals surface area contributed by atoms with E-state index in [1.807, 2.05) is 51.1 Å². The van der Waals surface area contributed by atoms with E-state index in [0.29, 0.717) is 5.82 Å². The van der Waals surface area contributed by atoms with Gasteiger partial charge < -0.3 is 4.74 Å². The lowest BCUT2D eigenvalue weighted by atomic mass is 10.2. The number of benzene rings is 1. The second-order valence-electron chi connectivity index (χ2n) is 4.40. The molecule has 0 fully saturated rings. The topological polar surface area (TPSA) is 47.4 Å². The molecule has 0 aliphatic heterocycles. The summed E-state index contributed by atoms with van der Waals surface area (Å²) >= 11 is 0. The number of aryl methyl sites for hydroxylation is 1. The zero-order valence-corrected chi connectivity index (χ0v) is 14.2. The van der Waals surface area contributed by atoms with Crippen molar-refractivity contribution in [2.75, 3.05) is 7.11 Å². The van der Waals surface area contributed by atoms with E-state index in [0.717, 1.165) is 27.9 Å². The average molecular weight is 309 g/mol. The summed E-state index contributed by atoms with van der Waals surface area (Å²) in [6.07, 6.45) is 7.00. The van der Waals surface area contributed by atoms with Gasteiger partial charge in [0.1, 0.15) is 5.75 Å². The van der Waals surface area contributed by atoms with E-state index in [2.05, 4.69) is 28.3 Å². The fourth-order valence-corrected chi connectivity index (χ4v) is 1.93. The van der Waals surface area contributed by atoms with Crippen LogP contribution in [0.15, 0.2) is 53.7 Å². The quantitative estimate of drug-likeness (QED) is 0.591. The zero-order valence-electron chi connectivity index (χ0n) is 14.2. The number of allylic oxidation sites excluding steroid dienone is 3. The van der Waals surface area contributed by atoms with E-state index >= 15 is 0 Å². The van der Waals surface area contributed by atoms with Crippen LogP contribution in [0.3, 0.4) is 0 Å². The highest BCUT2D eigenvalue weighted by Crippen LogP contribution is 2.21. The van der Waals surface area contributed by atoms with Crippen molar-refractivity contribution in [2.45, 2.75) is 20.8 Å².